The Hall–Kier alpha value is -1.03. The van der Waals surface area contributed by atoms with Crippen LogP contribution in [0.15, 0.2) is 24.3 Å². The van der Waals surface area contributed by atoms with E-state index in [2.05, 4.69) is 0 Å². The van der Waals surface area contributed by atoms with Crippen LogP contribution in [-0.2, 0) is 6.42 Å². The quantitative estimate of drug-likeness (QED) is 0.601. The van der Waals surface area contributed by atoms with E-state index in [9.17, 15) is 13.2 Å². The molecule has 0 aliphatic carbocycles. The molecule has 1 aliphatic rings. The predicted octanol–water partition coefficient (Wildman–Crippen LogP) is 3.13. The van der Waals surface area contributed by atoms with Crippen LogP contribution in [0.1, 0.15) is 24.1 Å². The molecule has 1 aromatic carbocycles. The van der Waals surface area contributed by atoms with Crippen molar-refractivity contribution in [2.45, 2.75) is 25.7 Å². The van der Waals surface area contributed by atoms with Gasteiger partial charge in [0.2, 0.25) is 0 Å². The Bertz CT molecular complexity index is 359. The van der Waals surface area contributed by atoms with Crippen molar-refractivity contribution in [3.63, 3.8) is 0 Å². The Morgan fingerprint density at radius 1 is 1.27 bits per heavy atom. The summed E-state index contributed by atoms with van der Waals surface area (Å²) in [5.41, 5.74) is 1.83. The topological polar surface area (TPSA) is 3.24 Å². The number of benzene rings is 1. The molecule has 0 saturated heterocycles. The summed E-state index contributed by atoms with van der Waals surface area (Å²) < 4.78 is 37.8. The van der Waals surface area contributed by atoms with Crippen molar-refractivity contribution in [3.05, 3.63) is 35.4 Å². The van der Waals surface area contributed by atoms with Gasteiger partial charge in [-0.05, 0) is 24.5 Å². The first-order chi connectivity index (χ1) is 7.00. The zero-order valence-electron chi connectivity index (χ0n) is 8.38. The first kappa shape index (κ1) is 10.5. The highest BCUT2D eigenvalue weighted by atomic mass is 19.4. The highest BCUT2D eigenvalue weighted by Gasteiger charge is 2.42. The summed E-state index contributed by atoms with van der Waals surface area (Å²) in [5.74, 6) is 0. The van der Waals surface area contributed by atoms with E-state index in [4.69, 9.17) is 0 Å². The molecule has 0 aromatic heterocycles. The lowest BCUT2D eigenvalue weighted by atomic mass is 9.94. The zero-order chi connectivity index (χ0) is 11.1. The number of hydrogen-bond acceptors (Lipinski definition) is 1. The van der Waals surface area contributed by atoms with E-state index in [1.54, 1.807) is 19.1 Å². The van der Waals surface area contributed by atoms with E-state index in [0.717, 1.165) is 11.1 Å². The van der Waals surface area contributed by atoms with Gasteiger partial charge < -0.3 is 0 Å². The molecular formula is C11H12F3N. The van der Waals surface area contributed by atoms with Crippen molar-refractivity contribution in [1.82, 2.24) is 4.90 Å². The van der Waals surface area contributed by atoms with E-state index in [1.165, 1.54) is 0 Å². The molecule has 4 heteroatoms. The van der Waals surface area contributed by atoms with Gasteiger partial charge in [0, 0.05) is 12.6 Å². The van der Waals surface area contributed by atoms with Gasteiger partial charge in [-0.3, -0.25) is 0 Å². The molecule has 0 fully saturated rings. The molecule has 0 unspecified atom stereocenters. The molecular weight excluding hydrogens is 203 g/mol. The van der Waals surface area contributed by atoms with Crippen molar-refractivity contribution in [2.75, 3.05) is 6.54 Å². The van der Waals surface area contributed by atoms with Crippen LogP contribution < -0.4 is 0 Å². The molecule has 0 amide bonds. The number of fused-ring (bicyclic) bond motifs is 1. The van der Waals surface area contributed by atoms with Crippen LogP contribution in [0.5, 0.6) is 0 Å². The lowest BCUT2D eigenvalue weighted by Crippen LogP contribution is -2.43. The lowest BCUT2D eigenvalue weighted by Gasteiger charge is -2.36. The first-order valence-corrected chi connectivity index (χ1v) is 4.91. The van der Waals surface area contributed by atoms with Gasteiger partial charge in [0.05, 0.1) is 0 Å². The van der Waals surface area contributed by atoms with Gasteiger partial charge in [-0.15, -0.1) is 0 Å². The molecule has 1 aromatic rings. The third-order valence-corrected chi connectivity index (χ3v) is 2.92. The maximum atomic E-state index is 12.6. The lowest BCUT2D eigenvalue weighted by molar-refractivity contribution is -0.259. The molecule has 15 heavy (non-hydrogen) atoms. The SMILES string of the molecule is C[C@@H]1c2ccccc2CCN1C(F)(F)F. The van der Waals surface area contributed by atoms with Crippen LogP contribution in [0.2, 0.25) is 0 Å². The Kier molecular flexibility index (Phi) is 2.46. The minimum Gasteiger partial charge on any atom is -0.207 e. The molecule has 1 nitrogen and oxygen atoms in total. The van der Waals surface area contributed by atoms with Crippen LogP contribution in [0, 0.1) is 0 Å². The fourth-order valence-corrected chi connectivity index (χ4v) is 2.12. The summed E-state index contributed by atoms with van der Waals surface area (Å²) in [6.07, 6.45) is -3.76. The predicted molar refractivity (Wildman–Crippen MR) is 51.3 cm³/mol. The van der Waals surface area contributed by atoms with E-state index in [-0.39, 0.29) is 6.54 Å². The monoisotopic (exact) mass is 215 g/mol. The van der Waals surface area contributed by atoms with Crippen LogP contribution in [0.3, 0.4) is 0 Å². The smallest absolute Gasteiger partial charge is 0.207 e. The number of alkyl halides is 3. The molecule has 0 saturated carbocycles. The standard InChI is InChI=1S/C11H12F3N/c1-8-10-5-3-2-4-9(10)6-7-15(8)11(12,13)14/h2-5,8H,6-7H2,1H3/t8-/m1/s1. The van der Waals surface area contributed by atoms with Gasteiger partial charge in [0.25, 0.3) is 0 Å². The normalized spacial score (nSPS) is 22.5. The molecule has 1 atom stereocenters. The number of nitrogens with zero attached hydrogens (tertiary/aromatic N) is 1. The summed E-state index contributed by atoms with van der Waals surface area (Å²) in [6.45, 7) is 1.66. The summed E-state index contributed by atoms with van der Waals surface area (Å²) in [7, 11) is 0. The minimum absolute atomic E-state index is 0.0572. The average molecular weight is 215 g/mol. The number of rotatable bonds is 0. The van der Waals surface area contributed by atoms with E-state index in [0.29, 0.717) is 11.3 Å². The number of hydrogen-bond donors (Lipinski definition) is 0. The van der Waals surface area contributed by atoms with Crippen molar-refractivity contribution in [1.29, 1.82) is 0 Å². The molecule has 1 heterocycles. The fourth-order valence-electron chi connectivity index (χ4n) is 2.12. The maximum absolute atomic E-state index is 12.6. The third kappa shape index (κ3) is 1.86. The van der Waals surface area contributed by atoms with Crippen molar-refractivity contribution in [2.24, 2.45) is 0 Å². The highest BCUT2D eigenvalue weighted by Crippen LogP contribution is 2.36. The van der Waals surface area contributed by atoms with Gasteiger partial charge in [-0.2, -0.15) is 13.2 Å². The fraction of sp³-hybridized carbons (Fsp3) is 0.455. The van der Waals surface area contributed by atoms with Gasteiger partial charge in [-0.25, -0.2) is 4.90 Å². The van der Waals surface area contributed by atoms with Gasteiger partial charge in [0.1, 0.15) is 0 Å². The van der Waals surface area contributed by atoms with Gasteiger partial charge in [0.15, 0.2) is 0 Å². The van der Waals surface area contributed by atoms with Crippen LogP contribution in [0.4, 0.5) is 13.2 Å². The molecule has 0 radical (unpaired) electrons. The van der Waals surface area contributed by atoms with Gasteiger partial charge >= 0.3 is 6.30 Å². The van der Waals surface area contributed by atoms with Crippen molar-refractivity contribution in [3.8, 4) is 0 Å². The summed E-state index contributed by atoms with van der Waals surface area (Å²) in [5, 5.41) is 0. The third-order valence-electron chi connectivity index (χ3n) is 2.92. The summed E-state index contributed by atoms with van der Waals surface area (Å²) in [4.78, 5) is 0.593. The first-order valence-electron chi connectivity index (χ1n) is 4.91. The molecule has 0 spiro atoms. The molecule has 0 N–H and O–H groups in total. The minimum atomic E-state index is -4.23. The molecule has 0 bridgehead atoms. The molecule has 1 aliphatic heterocycles. The van der Waals surface area contributed by atoms with E-state index >= 15 is 0 Å². The number of halogens is 3. The van der Waals surface area contributed by atoms with E-state index < -0.39 is 12.3 Å². The Balaban J connectivity index is 2.34. The average Bonchev–Trinajstić information content (AvgIpc) is 2.16. The van der Waals surface area contributed by atoms with Crippen molar-refractivity contribution >= 4 is 0 Å². The molecule has 82 valence electrons. The zero-order valence-corrected chi connectivity index (χ0v) is 8.38. The van der Waals surface area contributed by atoms with Gasteiger partial charge in [-0.1, -0.05) is 24.3 Å². The van der Waals surface area contributed by atoms with Crippen LogP contribution >= 0.6 is 0 Å². The summed E-state index contributed by atoms with van der Waals surface area (Å²) >= 11 is 0. The molecule has 2 rings (SSSR count). The maximum Gasteiger partial charge on any atom is 0.460 e. The van der Waals surface area contributed by atoms with Crippen molar-refractivity contribution < 1.29 is 13.2 Å². The Labute approximate surface area is 86.5 Å². The Morgan fingerprint density at radius 3 is 2.60 bits per heavy atom. The van der Waals surface area contributed by atoms with Crippen LogP contribution in [-0.4, -0.2) is 17.7 Å². The van der Waals surface area contributed by atoms with Crippen LogP contribution in [0.25, 0.3) is 0 Å². The summed E-state index contributed by atoms with van der Waals surface area (Å²) in [6, 6.07) is 6.76. The second-order valence-corrected chi connectivity index (χ2v) is 3.79. The van der Waals surface area contributed by atoms with E-state index in [1.807, 2.05) is 12.1 Å². The Morgan fingerprint density at radius 2 is 1.93 bits per heavy atom. The highest BCUT2D eigenvalue weighted by molar-refractivity contribution is 5.32. The second-order valence-electron chi connectivity index (χ2n) is 3.79. The largest absolute Gasteiger partial charge is 0.460 e. The second kappa shape index (κ2) is 3.52.